The molecule has 0 N–H and O–H groups in total. The largest absolute Gasteiger partial charge is 0.457 e. The van der Waals surface area contributed by atoms with E-state index in [4.69, 9.17) is 4.74 Å². The highest BCUT2D eigenvalue weighted by molar-refractivity contribution is 5.67. The number of carbonyl (C=O) groups excluding carboxylic acids is 2. The first-order valence-electron chi connectivity index (χ1n) is 5.41. The molecule has 0 radical (unpaired) electrons. The number of carbonyl (C=O) groups is 1. The molecule has 0 aliphatic heterocycles. The molecular weight excluding hydrogens is 194 g/mol. The molecule has 2 aliphatic rings. The quantitative estimate of drug-likeness (QED) is 0.401. The van der Waals surface area contributed by atoms with Crippen molar-refractivity contribution >= 4 is 12.0 Å². The number of nitrogens with zero attached hydrogens (tertiary/aromatic N) is 1. The first-order valence-corrected chi connectivity index (χ1v) is 5.41. The van der Waals surface area contributed by atoms with Gasteiger partial charge in [-0.15, -0.1) is 0 Å². The molecule has 3 atom stereocenters. The molecule has 0 heterocycles. The average Bonchev–Trinajstić information content (AvgIpc) is 2.55. The lowest BCUT2D eigenvalue weighted by Gasteiger charge is -2.50. The molecule has 2 rings (SSSR count). The molecule has 4 nitrogen and oxygen atoms in total. The summed E-state index contributed by atoms with van der Waals surface area (Å²) in [6.07, 6.45) is 5.90. The Bertz CT molecular complexity index is 316. The van der Waals surface area contributed by atoms with E-state index in [1.807, 2.05) is 0 Å². The van der Waals surface area contributed by atoms with E-state index < -0.39 is 5.60 Å². The molecule has 0 bridgehead atoms. The topological polar surface area (TPSA) is 55.7 Å². The van der Waals surface area contributed by atoms with Crippen LogP contribution in [0.3, 0.4) is 0 Å². The molecule has 4 heteroatoms. The number of aliphatic imine (C=N–C) groups is 1. The van der Waals surface area contributed by atoms with Gasteiger partial charge in [0.1, 0.15) is 5.60 Å². The van der Waals surface area contributed by atoms with Gasteiger partial charge in [0.25, 0.3) is 0 Å². The Morgan fingerprint density at radius 2 is 2.40 bits per heavy atom. The molecule has 2 fully saturated rings. The van der Waals surface area contributed by atoms with Crippen LogP contribution in [0.5, 0.6) is 0 Å². The SMILES string of the molecule is CC(=O)OC1(CN=C=O)CC2CCCC21. The van der Waals surface area contributed by atoms with Crippen LogP contribution in [0.25, 0.3) is 0 Å². The lowest BCUT2D eigenvalue weighted by molar-refractivity contribution is -0.186. The van der Waals surface area contributed by atoms with Crippen LogP contribution in [0.1, 0.15) is 32.6 Å². The molecule has 2 aliphatic carbocycles. The van der Waals surface area contributed by atoms with Crippen molar-refractivity contribution in [3.8, 4) is 0 Å². The summed E-state index contributed by atoms with van der Waals surface area (Å²) in [6.45, 7) is 1.70. The number of fused-ring (bicyclic) bond motifs is 1. The second-order valence-electron chi connectivity index (χ2n) is 4.57. The van der Waals surface area contributed by atoms with Crippen molar-refractivity contribution in [1.82, 2.24) is 0 Å². The number of esters is 1. The zero-order valence-electron chi connectivity index (χ0n) is 8.86. The van der Waals surface area contributed by atoms with E-state index in [9.17, 15) is 9.59 Å². The Labute approximate surface area is 88.7 Å². The van der Waals surface area contributed by atoms with Crippen molar-refractivity contribution in [2.24, 2.45) is 16.8 Å². The lowest BCUT2D eigenvalue weighted by atomic mass is 9.62. The minimum Gasteiger partial charge on any atom is -0.457 e. The Morgan fingerprint density at radius 1 is 1.60 bits per heavy atom. The first-order chi connectivity index (χ1) is 7.18. The van der Waals surface area contributed by atoms with Gasteiger partial charge in [0.05, 0.1) is 6.54 Å². The normalized spacial score (nSPS) is 37.4. The third-order valence-corrected chi connectivity index (χ3v) is 3.70. The van der Waals surface area contributed by atoms with Gasteiger partial charge in [-0.3, -0.25) is 4.79 Å². The predicted molar refractivity (Wildman–Crippen MR) is 52.9 cm³/mol. The summed E-state index contributed by atoms with van der Waals surface area (Å²) in [5.41, 5.74) is -0.482. The van der Waals surface area contributed by atoms with Crippen molar-refractivity contribution in [3.63, 3.8) is 0 Å². The van der Waals surface area contributed by atoms with Crippen LogP contribution < -0.4 is 0 Å². The minimum atomic E-state index is -0.482. The fraction of sp³-hybridized carbons (Fsp3) is 0.818. The lowest BCUT2D eigenvalue weighted by Crippen LogP contribution is -2.56. The van der Waals surface area contributed by atoms with Crippen LogP contribution in [-0.2, 0) is 14.3 Å². The Kier molecular flexibility index (Phi) is 2.61. The van der Waals surface area contributed by atoms with Crippen LogP contribution in [0.15, 0.2) is 4.99 Å². The van der Waals surface area contributed by atoms with Crippen LogP contribution in [0.2, 0.25) is 0 Å². The zero-order chi connectivity index (χ0) is 10.9. The first kappa shape index (κ1) is 10.4. The van der Waals surface area contributed by atoms with Crippen molar-refractivity contribution in [1.29, 1.82) is 0 Å². The third kappa shape index (κ3) is 1.70. The molecule has 0 amide bonds. The fourth-order valence-corrected chi connectivity index (χ4v) is 3.19. The summed E-state index contributed by atoms with van der Waals surface area (Å²) in [5.74, 6) is 0.811. The van der Waals surface area contributed by atoms with Crippen molar-refractivity contribution in [3.05, 3.63) is 0 Å². The molecule has 82 valence electrons. The molecule has 3 unspecified atom stereocenters. The summed E-state index contributed by atoms with van der Waals surface area (Å²) >= 11 is 0. The van der Waals surface area contributed by atoms with E-state index in [1.54, 1.807) is 0 Å². The van der Waals surface area contributed by atoms with Crippen LogP contribution in [0, 0.1) is 11.8 Å². The molecule has 2 saturated carbocycles. The zero-order valence-corrected chi connectivity index (χ0v) is 8.86. The van der Waals surface area contributed by atoms with Crippen LogP contribution in [-0.4, -0.2) is 24.2 Å². The van der Waals surface area contributed by atoms with Crippen molar-refractivity contribution in [2.45, 2.75) is 38.2 Å². The summed E-state index contributed by atoms with van der Waals surface area (Å²) in [6, 6.07) is 0. The third-order valence-electron chi connectivity index (χ3n) is 3.70. The number of ether oxygens (including phenoxy) is 1. The Morgan fingerprint density at radius 3 is 3.00 bits per heavy atom. The van der Waals surface area contributed by atoms with E-state index in [2.05, 4.69) is 4.99 Å². The number of hydrogen-bond donors (Lipinski definition) is 0. The van der Waals surface area contributed by atoms with Crippen LogP contribution in [0.4, 0.5) is 0 Å². The molecule has 0 spiro atoms. The van der Waals surface area contributed by atoms with Gasteiger partial charge in [-0.05, 0) is 25.2 Å². The van der Waals surface area contributed by atoms with E-state index in [1.165, 1.54) is 25.8 Å². The maximum Gasteiger partial charge on any atom is 0.303 e. The Hall–Kier alpha value is -1.15. The molecule has 0 aromatic carbocycles. The minimum absolute atomic E-state index is 0.276. The van der Waals surface area contributed by atoms with E-state index in [-0.39, 0.29) is 12.5 Å². The standard InChI is InChI=1S/C11H15NO3/c1-8(14)15-11(6-12-7-13)5-9-3-2-4-10(9)11/h9-10H,2-6H2,1H3. The molecule has 0 aromatic rings. The smallest absolute Gasteiger partial charge is 0.303 e. The maximum absolute atomic E-state index is 11.0. The summed E-state index contributed by atoms with van der Waals surface area (Å²) in [7, 11) is 0. The maximum atomic E-state index is 11.0. The van der Waals surface area contributed by atoms with Gasteiger partial charge in [-0.25, -0.2) is 9.79 Å². The summed E-state index contributed by atoms with van der Waals surface area (Å²) in [5, 5.41) is 0. The highest BCUT2D eigenvalue weighted by Gasteiger charge is 2.57. The number of rotatable bonds is 3. The highest BCUT2D eigenvalue weighted by Crippen LogP contribution is 2.55. The van der Waals surface area contributed by atoms with Gasteiger partial charge < -0.3 is 4.74 Å². The second kappa shape index (κ2) is 3.78. The summed E-state index contributed by atoms with van der Waals surface area (Å²) < 4.78 is 5.38. The summed E-state index contributed by atoms with van der Waals surface area (Å²) in [4.78, 5) is 24.8. The molecule has 0 saturated heterocycles. The number of hydrogen-bond acceptors (Lipinski definition) is 4. The van der Waals surface area contributed by atoms with Gasteiger partial charge in [0.2, 0.25) is 6.08 Å². The average molecular weight is 209 g/mol. The van der Waals surface area contributed by atoms with E-state index in [0.717, 1.165) is 12.8 Å². The Balaban J connectivity index is 2.09. The van der Waals surface area contributed by atoms with Crippen LogP contribution >= 0.6 is 0 Å². The fourth-order valence-electron chi connectivity index (χ4n) is 3.19. The van der Waals surface area contributed by atoms with Gasteiger partial charge in [-0.2, -0.15) is 0 Å². The highest BCUT2D eigenvalue weighted by atomic mass is 16.6. The predicted octanol–water partition coefficient (Wildman–Crippen LogP) is 1.44. The van der Waals surface area contributed by atoms with Gasteiger partial charge in [-0.1, -0.05) is 6.42 Å². The molecular formula is C11H15NO3. The van der Waals surface area contributed by atoms with E-state index >= 15 is 0 Å². The van der Waals surface area contributed by atoms with E-state index in [0.29, 0.717) is 11.8 Å². The monoisotopic (exact) mass is 209 g/mol. The number of isocyanates is 1. The van der Waals surface area contributed by atoms with Gasteiger partial charge in [0.15, 0.2) is 0 Å². The van der Waals surface area contributed by atoms with Gasteiger partial charge >= 0.3 is 5.97 Å². The molecule has 15 heavy (non-hydrogen) atoms. The van der Waals surface area contributed by atoms with Crippen molar-refractivity contribution < 1.29 is 14.3 Å². The molecule has 0 aromatic heterocycles. The van der Waals surface area contributed by atoms with Gasteiger partial charge in [0, 0.05) is 12.8 Å². The second-order valence-corrected chi connectivity index (χ2v) is 4.57. The van der Waals surface area contributed by atoms with Crippen molar-refractivity contribution in [2.75, 3.05) is 6.54 Å².